The highest BCUT2D eigenvalue weighted by atomic mass is 32.2. The maximum absolute atomic E-state index is 9.83. The van der Waals surface area contributed by atoms with Gasteiger partial charge in [0.25, 0.3) is 5.97 Å². The van der Waals surface area contributed by atoms with Gasteiger partial charge < -0.3 is 14.9 Å². The van der Waals surface area contributed by atoms with E-state index in [1.54, 1.807) is 11.8 Å². The third-order valence-corrected chi connectivity index (χ3v) is 3.53. The zero-order valence-electron chi connectivity index (χ0n) is 12.4. The summed E-state index contributed by atoms with van der Waals surface area (Å²) >= 11 is 1.63. The van der Waals surface area contributed by atoms with Crippen LogP contribution in [0.1, 0.15) is 6.92 Å². The van der Waals surface area contributed by atoms with Crippen LogP contribution in [0.5, 0.6) is 5.75 Å². The minimum absolute atomic E-state index is 0.323. The lowest BCUT2D eigenvalue weighted by atomic mass is 10.3. The fraction of sp³-hybridized carbons (Fsp3) is 0.235. The molecule has 0 saturated heterocycles. The monoisotopic (exact) mass is 320 g/mol. The van der Waals surface area contributed by atoms with Crippen LogP contribution < -0.4 is 4.74 Å². The highest BCUT2D eigenvalue weighted by molar-refractivity contribution is 7.99. The Hall–Kier alpha value is -1.98. The maximum Gasteiger partial charge on any atom is 0.300 e. The van der Waals surface area contributed by atoms with Crippen molar-refractivity contribution in [1.29, 1.82) is 0 Å². The van der Waals surface area contributed by atoms with E-state index in [-0.39, 0.29) is 0 Å². The summed E-state index contributed by atoms with van der Waals surface area (Å²) in [5.74, 6) is 0.595. The molecule has 1 unspecified atom stereocenters. The SMILES string of the molecule is CC(=O)O.OC(COc1ccccc1)CSc1ccccc1. The van der Waals surface area contributed by atoms with Gasteiger partial charge in [0.1, 0.15) is 12.4 Å². The predicted octanol–water partition coefficient (Wildman–Crippen LogP) is 3.31. The van der Waals surface area contributed by atoms with Gasteiger partial charge in [0.15, 0.2) is 0 Å². The molecule has 4 nitrogen and oxygen atoms in total. The molecule has 5 heteroatoms. The van der Waals surface area contributed by atoms with Crippen LogP contribution in [-0.2, 0) is 4.79 Å². The first-order valence-electron chi connectivity index (χ1n) is 6.81. The number of rotatable bonds is 6. The predicted molar refractivity (Wildman–Crippen MR) is 88.4 cm³/mol. The summed E-state index contributed by atoms with van der Waals surface area (Å²) in [6.07, 6.45) is -0.463. The highest BCUT2D eigenvalue weighted by Crippen LogP contribution is 2.18. The van der Waals surface area contributed by atoms with Crippen LogP contribution in [0.3, 0.4) is 0 Å². The Labute approximate surface area is 134 Å². The molecule has 0 aromatic heterocycles. The van der Waals surface area contributed by atoms with Gasteiger partial charge in [-0.05, 0) is 24.3 Å². The minimum atomic E-state index is -0.833. The number of ether oxygens (including phenoxy) is 1. The van der Waals surface area contributed by atoms with E-state index in [1.165, 1.54) is 0 Å². The molecule has 0 fully saturated rings. The number of carbonyl (C=O) groups is 1. The molecule has 0 saturated carbocycles. The van der Waals surface area contributed by atoms with Crippen molar-refractivity contribution in [3.8, 4) is 5.75 Å². The topological polar surface area (TPSA) is 66.8 Å². The fourth-order valence-electron chi connectivity index (χ4n) is 1.47. The van der Waals surface area contributed by atoms with Gasteiger partial charge in [-0.1, -0.05) is 36.4 Å². The number of carboxylic acids is 1. The third-order valence-electron chi connectivity index (χ3n) is 2.37. The number of thioether (sulfide) groups is 1. The Morgan fingerprint density at radius 2 is 1.59 bits per heavy atom. The molecule has 0 heterocycles. The van der Waals surface area contributed by atoms with Gasteiger partial charge >= 0.3 is 0 Å². The molecule has 0 spiro atoms. The van der Waals surface area contributed by atoms with Gasteiger partial charge in [-0.3, -0.25) is 4.79 Å². The van der Waals surface area contributed by atoms with Crippen molar-refractivity contribution in [2.45, 2.75) is 17.9 Å². The molecule has 0 aliphatic rings. The van der Waals surface area contributed by atoms with Crippen LogP contribution >= 0.6 is 11.8 Å². The van der Waals surface area contributed by atoms with Crippen LogP contribution in [0.25, 0.3) is 0 Å². The number of hydrogen-bond donors (Lipinski definition) is 2. The number of aliphatic hydroxyl groups is 1. The van der Waals surface area contributed by atoms with E-state index in [4.69, 9.17) is 14.6 Å². The Kier molecular flexibility index (Phi) is 8.79. The average molecular weight is 320 g/mol. The number of para-hydroxylation sites is 1. The molecule has 2 aromatic carbocycles. The molecule has 0 radical (unpaired) electrons. The van der Waals surface area contributed by atoms with Crippen LogP contribution in [0.15, 0.2) is 65.6 Å². The summed E-state index contributed by atoms with van der Waals surface area (Å²) in [5.41, 5.74) is 0. The van der Waals surface area contributed by atoms with E-state index >= 15 is 0 Å². The molecule has 2 N–H and O–H groups in total. The van der Waals surface area contributed by atoms with Gasteiger partial charge in [0.2, 0.25) is 0 Å². The summed E-state index contributed by atoms with van der Waals surface area (Å²) in [6.45, 7) is 1.41. The maximum atomic E-state index is 9.83. The fourth-order valence-corrected chi connectivity index (χ4v) is 2.30. The van der Waals surface area contributed by atoms with Crippen molar-refractivity contribution in [3.63, 3.8) is 0 Å². The zero-order valence-corrected chi connectivity index (χ0v) is 13.2. The van der Waals surface area contributed by atoms with Crippen molar-refractivity contribution in [2.75, 3.05) is 12.4 Å². The first-order valence-corrected chi connectivity index (χ1v) is 7.79. The second-order valence-corrected chi connectivity index (χ2v) is 5.51. The van der Waals surface area contributed by atoms with Crippen LogP contribution in [0, 0.1) is 0 Å². The lowest BCUT2D eigenvalue weighted by molar-refractivity contribution is -0.134. The lowest BCUT2D eigenvalue weighted by Gasteiger charge is -2.11. The standard InChI is InChI=1S/C15H16O2S.C2H4O2/c16-13(11-17-14-7-3-1-4-8-14)12-18-15-9-5-2-6-10-15;1-2(3)4/h1-10,13,16H,11-12H2;1H3,(H,3,4). The molecule has 2 rings (SSSR count). The third kappa shape index (κ3) is 9.05. The second-order valence-electron chi connectivity index (χ2n) is 4.42. The Bertz CT molecular complexity index is 483. The van der Waals surface area contributed by atoms with E-state index < -0.39 is 12.1 Å². The normalized spacial score (nSPS) is 11.0. The number of hydrogen-bond acceptors (Lipinski definition) is 4. The number of aliphatic carboxylic acids is 1. The van der Waals surface area contributed by atoms with E-state index in [0.717, 1.165) is 17.6 Å². The molecule has 0 bridgehead atoms. The van der Waals surface area contributed by atoms with Gasteiger partial charge in [-0.2, -0.15) is 0 Å². The number of carboxylic acid groups (broad SMARTS) is 1. The summed E-state index contributed by atoms with van der Waals surface area (Å²) in [5, 5.41) is 17.2. The van der Waals surface area contributed by atoms with Gasteiger partial charge in [-0.25, -0.2) is 0 Å². The molecule has 118 valence electrons. The Balaban J connectivity index is 0.000000541. The Morgan fingerprint density at radius 1 is 1.09 bits per heavy atom. The van der Waals surface area contributed by atoms with E-state index in [2.05, 4.69) is 0 Å². The molecule has 2 aromatic rings. The van der Waals surface area contributed by atoms with Crippen molar-refractivity contribution in [3.05, 3.63) is 60.7 Å². The van der Waals surface area contributed by atoms with Crippen molar-refractivity contribution >= 4 is 17.7 Å². The van der Waals surface area contributed by atoms with E-state index in [9.17, 15) is 5.11 Å². The highest BCUT2D eigenvalue weighted by Gasteiger charge is 2.06. The zero-order chi connectivity index (χ0) is 16.2. The van der Waals surface area contributed by atoms with Crippen LogP contribution in [0.4, 0.5) is 0 Å². The summed E-state index contributed by atoms with van der Waals surface area (Å²) in [6, 6.07) is 19.6. The summed E-state index contributed by atoms with van der Waals surface area (Å²) in [7, 11) is 0. The molecule has 0 amide bonds. The molecule has 22 heavy (non-hydrogen) atoms. The first kappa shape index (κ1) is 18.1. The van der Waals surface area contributed by atoms with E-state index in [0.29, 0.717) is 12.4 Å². The lowest BCUT2D eigenvalue weighted by Crippen LogP contribution is -2.19. The smallest absolute Gasteiger partial charge is 0.300 e. The molecule has 1 atom stereocenters. The quantitative estimate of drug-likeness (QED) is 0.799. The largest absolute Gasteiger partial charge is 0.491 e. The second kappa shape index (κ2) is 10.7. The Morgan fingerprint density at radius 3 is 2.14 bits per heavy atom. The van der Waals surface area contributed by atoms with E-state index in [1.807, 2.05) is 60.7 Å². The van der Waals surface area contributed by atoms with Gasteiger partial charge in [0.05, 0.1) is 6.10 Å². The molecule has 0 aliphatic heterocycles. The van der Waals surface area contributed by atoms with Crippen molar-refractivity contribution in [2.24, 2.45) is 0 Å². The van der Waals surface area contributed by atoms with Gasteiger partial charge in [-0.15, -0.1) is 11.8 Å². The van der Waals surface area contributed by atoms with Crippen LogP contribution in [0.2, 0.25) is 0 Å². The first-order chi connectivity index (χ1) is 10.6. The van der Waals surface area contributed by atoms with Crippen LogP contribution in [-0.4, -0.2) is 34.6 Å². The molecule has 0 aliphatic carbocycles. The summed E-state index contributed by atoms with van der Waals surface area (Å²) in [4.78, 5) is 10.2. The number of benzene rings is 2. The van der Waals surface area contributed by atoms with Crippen molar-refractivity contribution in [1.82, 2.24) is 0 Å². The average Bonchev–Trinajstić information content (AvgIpc) is 2.52. The van der Waals surface area contributed by atoms with Crippen molar-refractivity contribution < 1.29 is 19.7 Å². The summed E-state index contributed by atoms with van der Waals surface area (Å²) < 4.78 is 5.49. The molecular formula is C17H20O4S. The number of aliphatic hydroxyl groups excluding tert-OH is 1. The van der Waals surface area contributed by atoms with Gasteiger partial charge in [0, 0.05) is 17.6 Å². The molecular weight excluding hydrogens is 300 g/mol. The minimum Gasteiger partial charge on any atom is -0.491 e.